The number of nitrogens with zero attached hydrogens (tertiary/aromatic N) is 8. The number of para-hydroxylation sites is 4. The number of hydrogen-bond acceptors (Lipinski definition) is 11. The average Bonchev–Trinajstić information content (AvgIpc) is 4.17. The second-order valence-electron chi connectivity index (χ2n) is 14.1. The van der Waals surface area contributed by atoms with Crippen molar-refractivity contribution in [1.29, 1.82) is 0 Å². The second kappa shape index (κ2) is 15.3. The molecule has 0 spiro atoms. The van der Waals surface area contributed by atoms with E-state index in [0.717, 1.165) is 71.5 Å². The van der Waals surface area contributed by atoms with Gasteiger partial charge in [0.15, 0.2) is 23.3 Å². The summed E-state index contributed by atoms with van der Waals surface area (Å²) in [6, 6.07) is 26.9. The van der Waals surface area contributed by atoms with E-state index < -0.39 is 23.7 Å². The summed E-state index contributed by atoms with van der Waals surface area (Å²) in [5, 5.41) is 6.29. The summed E-state index contributed by atoms with van der Waals surface area (Å²) < 4.78 is 73.8. The number of anilines is 6. The lowest BCUT2D eigenvalue weighted by molar-refractivity contribution is -0.274. The van der Waals surface area contributed by atoms with Crippen molar-refractivity contribution in [2.75, 3.05) is 22.1 Å². The molecule has 0 unspecified atom stereocenters. The Morgan fingerprint density at radius 1 is 0.583 bits per heavy atom. The molecule has 19 heteroatoms. The maximum Gasteiger partial charge on any atom is 0.573 e. The monoisotopic (exact) mass is 838 g/mol. The zero-order valence-corrected chi connectivity index (χ0v) is 31.9. The Morgan fingerprint density at radius 3 is 1.42 bits per heavy atom. The lowest BCUT2D eigenvalue weighted by Gasteiger charge is -2.13. The Kier molecular flexibility index (Phi) is 9.78. The summed E-state index contributed by atoms with van der Waals surface area (Å²) in [6.07, 6.45) is -0.704. The quantitative estimate of drug-likeness (QED) is 0.102. The number of benzene rings is 4. The number of imidazole rings is 2. The summed E-state index contributed by atoms with van der Waals surface area (Å²) in [4.78, 5) is 26.5. The van der Waals surface area contributed by atoms with Crippen LogP contribution >= 0.6 is 11.6 Å². The predicted molar refractivity (Wildman–Crippen MR) is 217 cm³/mol. The molecule has 60 heavy (non-hydrogen) atoms. The van der Waals surface area contributed by atoms with Gasteiger partial charge < -0.3 is 26.8 Å². The molecule has 0 saturated heterocycles. The fourth-order valence-electron chi connectivity index (χ4n) is 6.56. The van der Waals surface area contributed by atoms with Crippen molar-refractivity contribution in [3.05, 3.63) is 125 Å². The van der Waals surface area contributed by atoms with Gasteiger partial charge in [-0.15, -0.1) is 13.2 Å². The van der Waals surface area contributed by atoms with Crippen LogP contribution in [0.4, 0.5) is 56.6 Å². The number of nitrogens with one attached hydrogen (secondary N) is 2. The van der Waals surface area contributed by atoms with Gasteiger partial charge in [0.25, 0.3) is 0 Å². The molecule has 8 aromatic rings. The van der Waals surface area contributed by atoms with E-state index in [2.05, 4.69) is 40.3 Å². The molecule has 13 nitrogen and oxygen atoms in total. The minimum absolute atomic E-state index is 0.00403. The Labute approximate surface area is 342 Å². The highest BCUT2D eigenvalue weighted by atomic mass is 35.5. The van der Waals surface area contributed by atoms with Crippen molar-refractivity contribution in [2.24, 2.45) is 0 Å². The summed E-state index contributed by atoms with van der Waals surface area (Å²) in [7, 11) is 0. The molecule has 2 fully saturated rings. The topological polar surface area (TPSA) is 173 Å². The molecule has 0 radical (unpaired) electrons. The van der Waals surface area contributed by atoms with Crippen LogP contribution in [0.1, 0.15) is 49.2 Å². The van der Waals surface area contributed by atoms with Crippen LogP contribution in [0.2, 0.25) is 5.02 Å². The van der Waals surface area contributed by atoms with Crippen LogP contribution in [-0.4, -0.2) is 45.4 Å². The molecule has 4 aromatic carbocycles. The number of alkyl halides is 3. The molecule has 6 N–H and O–H groups in total. The number of nitrogens with two attached hydrogens (primary N) is 2. The van der Waals surface area contributed by atoms with Crippen LogP contribution in [0.25, 0.3) is 34.0 Å². The number of nitrogen functional groups attached to an aromatic ring is 2. The third-order valence-corrected chi connectivity index (χ3v) is 9.90. The van der Waals surface area contributed by atoms with Crippen molar-refractivity contribution in [3.63, 3.8) is 0 Å². The van der Waals surface area contributed by atoms with Crippen molar-refractivity contribution >= 4 is 68.3 Å². The molecular formula is C41H32ClF5N12O. The SMILES string of the molecule is Nc1nc(-n2c(C3CC3)nc3ccccc32)nc(Nc2ccc(Cl)cc2)c1F.Nc1nc(-n2c(C3CC3)nc3ccccc32)nc(Nc2ccc(OC(F)(F)F)cc2)c1F. The molecule has 304 valence electrons. The van der Waals surface area contributed by atoms with Gasteiger partial charge in [-0.1, -0.05) is 35.9 Å². The third-order valence-electron chi connectivity index (χ3n) is 9.65. The van der Waals surface area contributed by atoms with E-state index in [-0.39, 0.29) is 35.1 Å². The summed E-state index contributed by atoms with van der Waals surface area (Å²) >= 11 is 5.91. The highest BCUT2D eigenvalue weighted by Gasteiger charge is 2.33. The summed E-state index contributed by atoms with van der Waals surface area (Å²) in [6.45, 7) is 0. The number of ether oxygens (including phenoxy) is 1. The van der Waals surface area contributed by atoms with Gasteiger partial charge in [-0.25, -0.2) is 9.97 Å². The summed E-state index contributed by atoms with van der Waals surface area (Å²) in [5.74, 6) is -0.0459. The Morgan fingerprint density at radius 2 is 1.00 bits per heavy atom. The van der Waals surface area contributed by atoms with Crippen molar-refractivity contribution in [2.45, 2.75) is 43.9 Å². The van der Waals surface area contributed by atoms with Gasteiger partial charge in [0, 0.05) is 28.2 Å². The minimum Gasteiger partial charge on any atom is -0.406 e. The van der Waals surface area contributed by atoms with Gasteiger partial charge in [-0.2, -0.15) is 28.7 Å². The molecule has 0 amide bonds. The highest BCUT2D eigenvalue weighted by Crippen LogP contribution is 2.43. The number of rotatable bonds is 9. The zero-order chi connectivity index (χ0) is 41.7. The van der Waals surface area contributed by atoms with Crippen LogP contribution in [-0.2, 0) is 0 Å². The smallest absolute Gasteiger partial charge is 0.406 e. The van der Waals surface area contributed by atoms with E-state index in [9.17, 15) is 22.0 Å². The molecule has 2 aliphatic rings. The number of fused-ring (bicyclic) bond motifs is 2. The molecule has 2 saturated carbocycles. The number of hydrogen-bond donors (Lipinski definition) is 4. The fourth-order valence-corrected chi connectivity index (χ4v) is 6.68. The Hall–Kier alpha value is -7.08. The first-order valence-corrected chi connectivity index (χ1v) is 19.0. The largest absolute Gasteiger partial charge is 0.573 e. The molecule has 4 heterocycles. The second-order valence-corrected chi connectivity index (χ2v) is 14.5. The van der Waals surface area contributed by atoms with E-state index in [1.807, 2.05) is 53.1 Å². The number of aromatic nitrogens is 8. The van der Waals surface area contributed by atoms with Gasteiger partial charge in [0.1, 0.15) is 17.4 Å². The minimum atomic E-state index is -4.80. The standard InChI is InChI=1S/C21H16F4N6O.C20H16ClFN6/c22-16-17(26)29-20(31-15-4-2-1-3-14(15)28-19(31)11-5-6-11)30-18(16)27-12-7-9-13(10-8-12)32-21(23,24)25;21-12-7-9-13(10-8-12)24-18-16(22)17(23)26-20(27-18)28-15-4-2-1-3-14(15)25-19(28)11-5-6-11/h1-4,7-11H,5-6H2,(H3,26,27,29,30);1-4,7-11H,5-6H2,(H3,23,24,26,27). The normalized spacial score (nSPS) is 13.9. The first kappa shape index (κ1) is 38.4. The van der Waals surface area contributed by atoms with Gasteiger partial charge in [0.2, 0.25) is 23.5 Å². The van der Waals surface area contributed by atoms with E-state index in [4.69, 9.17) is 28.1 Å². The van der Waals surface area contributed by atoms with Gasteiger partial charge in [-0.3, -0.25) is 9.13 Å². The molecule has 4 aromatic heterocycles. The molecule has 0 aliphatic heterocycles. The molecule has 0 bridgehead atoms. The molecule has 0 atom stereocenters. The lowest BCUT2D eigenvalue weighted by Crippen LogP contribution is -2.17. The van der Waals surface area contributed by atoms with Gasteiger partial charge in [0.05, 0.1) is 22.1 Å². The predicted octanol–water partition coefficient (Wildman–Crippen LogP) is 9.87. The first-order valence-electron chi connectivity index (χ1n) is 18.7. The summed E-state index contributed by atoms with van der Waals surface area (Å²) in [5.41, 5.74) is 15.9. The van der Waals surface area contributed by atoms with Crippen LogP contribution in [0.5, 0.6) is 5.75 Å². The average molecular weight is 839 g/mol. The van der Waals surface area contributed by atoms with Crippen LogP contribution in [0.3, 0.4) is 0 Å². The Balaban J connectivity index is 0.000000155. The fraction of sp³-hybridized carbons (Fsp3) is 0.171. The first-order chi connectivity index (χ1) is 28.9. The van der Waals surface area contributed by atoms with Crippen molar-refractivity contribution in [1.82, 2.24) is 39.0 Å². The molecule has 2 aliphatic carbocycles. The third kappa shape index (κ3) is 8.00. The van der Waals surface area contributed by atoms with E-state index >= 15 is 0 Å². The van der Waals surface area contributed by atoms with Crippen molar-refractivity contribution < 1.29 is 26.7 Å². The van der Waals surface area contributed by atoms with Crippen LogP contribution in [0.15, 0.2) is 97.1 Å². The molecular weight excluding hydrogens is 807 g/mol. The zero-order valence-electron chi connectivity index (χ0n) is 31.1. The van der Waals surface area contributed by atoms with Gasteiger partial charge in [-0.05, 0) is 98.5 Å². The maximum atomic E-state index is 14.7. The lowest BCUT2D eigenvalue weighted by atomic mass is 10.3. The van der Waals surface area contributed by atoms with Crippen LogP contribution < -0.4 is 26.8 Å². The van der Waals surface area contributed by atoms with Crippen molar-refractivity contribution in [3.8, 4) is 17.6 Å². The number of halogens is 6. The van der Waals surface area contributed by atoms with E-state index in [1.165, 1.54) is 12.1 Å². The van der Waals surface area contributed by atoms with E-state index in [0.29, 0.717) is 28.3 Å². The highest BCUT2D eigenvalue weighted by molar-refractivity contribution is 6.30. The van der Waals surface area contributed by atoms with Gasteiger partial charge >= 0.3 is 6.36 Å². The van der Waals surface area contributed by atoms with E-state index in [1.54, 1.807) is 28.8 Å². The molecule has 10 rings (SSSR count). The van der Waals surface area contributed by atoms with Crippen LogP contribution in [0, 0.1) is 11.6 Å². The Bertz CT molecular complexity index is 2880. The maximum absolute atomic E-state index is 14.7.